The molecule has 0 aliphatic heterocycles. The molecule has 0 saturated carbocycles. The largest absolute Gasteiger partial charge is 0.465 e. The van der Waals surface area contributed by atoms with Crippen molar-refractivity contribution in [3.63, 3.8) is 0 Å². The molecule has 0 aromatic carbocycles. The maximum absolute atomic E-state index is 11.2. The molecule has 2 amide bonds. The van der Waals surface area contributed by atoms with Crippen LogP contribution in [0, 0.1) is 0 Å². The lowest BCUT2D eigenvalue weighted by Crippen LogP contribution is -2.45. The molecule has 13 heavy (non-hydrogen) atoms. The molecule has 5 nitrogen and oxygen atoms in total. The first-order valence-electron chi connectivity index (χ1n) is 3.99. The minimum absolute atomic E-state index is 0.329. The predicted molar refractivity (Wildman–Crippen MR) is 48.4 cm³/mol. The van der Waals surface area contributed by atoms with E-state index in [0.717, 1.165) is 0 Å². The van der Waals surface area contributed by atoms with Gasteiger partial charge in [-0.25, -0.2) is 4.79 Å². The third-order valence-corrected chi connectivity index (χ3v) is 1.44. The highest BCUT2D eigenvalue weighted by Crippen LogP contribution is 1.90. The monoisotopic (exact) mass is 186 g/mol. The van der Waals surface area contributed by atoms with Gasteiger partial charge in [0.25, 0.3) is 0 Å². The fraction of sp³-hybridized carbons (Fsp3) is 0.500. The summed E-state index contributed by atoms with van der Waals surface area (Å²) in [5, 5.41) is 13.0. The zero-order valence-corrected chi connectivity index (χ0v) is 7.54. The summed E-state index contributed by atoms with van der Waals surface area (Å²) in [5.41, 5.74) is 0. The van der Waals surface area contributed by atoms with Gasteiger partial charge in [-0.05, 0) is 6.42 Å². The first-order chi connectivity index (χ1) is 6.11. The zero-order chi connectivity index (χ0) is 10.3. The second-order valence-electron chi connectivity index (χ2n) is 2.44. The summed E-state index contributed by atoms with van der Waals surface area (Å²) in [4.78, 5) is 21.4. The third kappa shape index (κ3) is 4.84. The summed E-state index contributed by atoms with van der Waals surface area (Å²) in [6.07, 6.45) is 0.765. The lowest BCUT2D eigenvalue weighted by Gasteiger charge is -2.13. The molecule has 0 radical (unpaired) electrons. The van der Waals surface area contributed by atoms with E-state index in [4.69, 9.17) is 5.11 Å². The van der Waals surface area contributed by atoms with Crippen LogP contribution in [0.4, 0.5) is 4.79 Å². The maximum Gasteiger partial charge on any atom is 0.405 e. The Morgan fingerprint density at radius 3 is 2.62 bits per heavy atom. The minimum Gasteiger partial charge on any atom is -0.465 e. The topological polar surface area (TPSA) is 78.4 Å². The normalized spacial score (nSPS) is 11.5. The van der Waals surface area contributed by atoms with Crippen LogP contribution in [0.5, 0.6) is 0 Å². The van der Waals surface area contributed by atoms with Gasteiger partial charge in [0, 0.05) is 6.54 Å². The number of hydrogen-bond donors (Lipinski definition) is 3. The van der Waals surface area contributed by atoms with E-state index in [1.54, 1.807) is 6.92 Å². The fourth-order valence-electron chi connectivity index (χ4n) is 0.798. The van der Waals surface area contributed by atoms with Crippen molar-refractivity contribution < 1.29 is 14.7 Å². The molecular formula is C8H14N2O3. The molecule has 0 spiro atoms. The van der Waals surface area contributed by atoms with Gasteiger partial charge in [-0.15, -0.1) is 6.58 Å². The van der Waals surface area contributed by atoms with Crippen molar-refractivity contribution in [2.45, 2.75) is 19.4 Å². The third-order valence-electron chi connectivity index (χ3n) is 1.44. The van der Waals surface area contributed by atoms with Gasteiger partial charge in [0.15, 0.2) is 0 Å². The van der Waals surface area contributed by atoms with Gasteiger partial charge in [-0.2, -0.15) is 0 Å². The summed E-state index contributed by atoms with van der Waals surface area (Å²) < 4.78 is 0. The Hall–Kier alpha value is -1.52. The second-order valence-corrected chi connectivity index (χ2v) is 2.44. The van der Waals surface area contributed by atoms with Crippen LogP contribution in [0.3, 0.4) is 0 Å². The Kier molecular flexibility index (Phi) is 5.34. The van der Waals surface area contributed by atoms with Crippen LogP contribution in [0.15, 0.2) is 12.7 Å². The van der Waals surface area contributed by atoms with E-state index in [2.05, 4.69) is 17.2 Å². The molecule has 3 N–H and O–H groups in total. The Morgan fingerprint density at radius 1 is 1.62 bits per heavy atom. The zero-order valence-electron chi connectivity index (χ0n) is 7.54. The van der Waals surface area contributed by atoms with Gasteiger partial charge >= 0.3 is 6.09 Å². The molecule has 0 saturated heterocycles. The van der Waals surface area contributed by atoms with E-state index in [-0.39, 0.29) is 5.91 Å². The molecule has 0 rings (SSSR count). The van der Waals surface area contributed by atoms with Crippen LogP contribution in [-0.2, 0) is 4.79 Å². The number of carbonyl (C=O) groups is 2. The van der Waals surface area contributed by atoms with E-state index >= 15 is 0 Å². The second kappa shape index (κ2) is 6.05. The van der Waals surface area contributed by atoms with Gasteiger partial charge in [0.1, 0.15) is 6.04 Å². The first kappa shape index (κ1) is 11.5. The number of carboxylic acid groups (broad SMARTS) is 1. The van der Waals surface area contributed by atoms with Crippen molar-refractivity contribution in [3.8, 4) is 0 Å². The summed E-state index contributed by atoms with van der Waals surface area (Å²) in [6.45, 7) is 5.50. The molecule has 74 valence electrons. The highest BCUT2D eigenvalue weighted by atomic mass is 16.4. The van der Waals surface area contributed by atoms with Crippen molar-refractivity contribution in [2.75, 3.05) is 6.54 Å². The summed E-state index contributed by atoms with van der Waals surface area (Å²) in [5.74, 6) is -0.329. The van der Waals surface area contributed by atoms with Crippen LogP contribution in [0.1, 0.15) is 13.3 Å². The average Bonchev–Trinajstić information content (AvgIpc) is 2.09. The van der Waals surface area contributed by atoms with Gasteiger partial charge in [-0.1, -0.05) is 13.0 Å². The van der Waals surface area contributed by atoms with Crippen LogP contribution >= 0.6 is 0 Å². The van der Waals surface area contributed by atoms with E-state index in [9.17, 15) is 9.59 Å². The van der Waals surface area contributed by atoms with E-state index in [1.165, 1.54) is 6.08 Å². The quantitative estimate of drug-likeness (QED) is 0.541. The maximum atomic E-state index is 11.2. The molecule has 0 bridgehead atoms. The van der Waals surface area contributed by atoms with Crippen molar-refractivity contribution in [1.29, 1.82) is 0 Å². The highest BCUT2D eigenvalue weighted by Gasteiger charge is 2.16. The van der Waals surface area contributed by atoms with Crippen LogP contribution in [0.25, 0.3) is 0 Å². The number of amides is 2. The molecule has 0 aromatic heterocycles. The van der Waals surface area contributed by atoms with E-state index < -0.39 is 12.1 Å². The molecule has 0 aromatic rings. The Balaban J connectivity index is 3.98. The standard InChI is InChI=1S/C8H14N2O3/c1-3-5-9-7(11)6(4-2)10-8(12)13/h3,6,10H,1,4-5H2,2H3,(H,9,11)(H,12,13)/t6-/m0/s1. The molecule has 5 heteroatoms. The fourth-order valence-corrected chi connectivity index (χ4v) is 0.798. The van der Waals surface area contributed by atoms with Crippen molar-refractivity contribution in [2.24, 2.45) is 0 Å². The molecule has 0 fully saturated rings. The van der Waals surface area contributed by atoms with Gasteiger partial charge < -0.3 is 15.7 Å². The van der Waals surface area contributed by atoms with Gasteiger partial charge in [-0.3, -0.25) is 4.79 Å². The Morgan fingerprint density at radius 2 is 2.23 bits per heavy atom. The smallest absolute Gasteiger partial charge is 0.405 e. The number of rotatable bonds is 5. The van der Waals surface area contributed by atoms with E-state index in [1.807, 2.05) is 0 Å². The van der Waals surface area contributed by atoms with E-state index in [0.29, 0.717) is 13.0 Å². The van der Waals surface area contributed by atoms with Crippen LogP contribution < -0.4 is 10.6 Å². The highest BCUT2D eigenvalue weighted by molar-refractivity contribution is 5.85. The lowest BCUT2D eigenvalue weighted by atomic mass is 10.2. The Labute approximate surface area is 76.8 Å². The SMILES string of the molecule is C=CCNC(=O)[C@H](CC)NC(=O)O. The summed E-state index contributed by atoms with van der Waals surface area (Å²) >= 11 is 0. The molecule has 0 heterocycles. The Bertz CT molecular complexity index is 204. The molecular weight excluding hydrogens is 172 g/mol. The van der Waals surface area contributed by atoms with Gasteiger partial charge in [0.2, 0.25) is 5.91 Å². The average molecular weight is 186 g/mol. The minimum atomic E-state index is -1.19. The molecule has 1 atom stereocenters. The van der Waals surface area contributed by atoms with Gasteiger partial charge in [0.05, 0.1) is 0 Å². The molecule has 0 aliphatic carbocycles. The van der Waals surface area contributed by atoms with Crippen LogP contribution in [-0.4, -0.2) is 29.7 Å². The number of carbonyl (C=O) groups excluding carboxylic acids is 1. The van der Waals surface area contributed by atoms with Crippen molar-refractivity contribution >= 4 is 12.0 Å². The van der Waals surface area contributed by atoms with Crippen molar-refractivity contribution in [1.82, 2.24) is 10.6 Å². The summed E-state index contributed by atoms with van der Waals surface area (Å²) in [6, 6.07) is -0.683. The summed E-state index contributed by atoms with van der Waals surface area (Å²) in [7, 11) is 0. The van der Waals surface area contributed by atoms with Crippen molar-refractivity contribution in [3.05, 3.63) is 12.7 Å². The van der Waals surface area contributed by atoms with Crippen LogP contribution in [0.2, 0.25) is 0 Å². The number of hydrogen-bond acceptors (Lipinski definition) is 2. The number of nitrogens with one attached hydrogen (secondary N) is 2. The first-order valence-corrected chi connectivity index (χ1v) is 3.99. The predicted octanol–water partition coefficient (Wildman–Crippen LogP) is 0.335. The lowest BCUT2D eigenvalue weighted by molar-refractivity contribution is -0.122. The molecule has 0 unspecified atom stereocenters. The molecule has 0 aliphatic rings.